The Kier molecular flexibility index (Phi) is 3.71. The van der Waals surface area contributed by atoms with E-state index in [0.29, 0.717) is 23.5 Å². The van der Waals surface area contributed by atoms with Crippen molar-refractivity contribution in [1.29, 1.82) is 0 Å². The van der Waals surface area contributed by atoms with Gasteiger partial charge in [-0.3, -0.25) is 0 Å². The summed E-state index contributed by atoms with van der Waals surface area (Å²) >= 11 is 0. The summed E-state index contributed by atoms with van der Waals surface area (Å²) in [6.45, 7) is 4.50. The topological polar surface area (TPSA) is 47.5 Å². The van der Waals surface area contributed by atoms with Crippen LogP contribution in [-0.2, 0) is 0 Å². The Morgan fingerprint density at radius 2 is 1.68 bits per heavy atom. The van der Waals surface area contributed by atoms with Crippen LogP contribution in [0, 0.1) is 0 Å². The highest BCUT2D eigenvalue weighted by Crippen LogP contribution is 2.46. The smallest absolute Gasteiger partial charge is 0.162 e. The molecule has 5 nitrogen and oxygen atoms in total. The molecule has 0 bridgehead atoms. The molecule has 0 aliphatic carbocycles. The average molecular weight is 335 g/mol. The molecule has 1 aliphatic rings. The Morgan fingerprint density at radius 3 is 2.44 bits per heavy atom. The normalized spacial score (nSPS) is 19.1. The number of aromatic nitrogens is 2. The third kappa shape index (κ3) is 2.30. The van der Waals surface area contributed by atoms with Crippen LogP contribution in [0.15, 0.2) is 42.7 Å². The molecule has 5 heteroatoms. The molecule has 0 N–H and O–H groups in total. The molecule has 3 aromatic rings. The molecule has 0 radical (unpaired) electrons. The molecule has 0 fully saturated rings. The summed E-state index contributed by atoms with van der Waals surface area (Å²) in [6, 6.07) is 12.7. The highest BCUT2D eigenvalue weighted by Gasteiger charge is 2.34. The maximum Gasteiger partial charge on any atom is 0.162 e. The number of rotatable bonds is 3. The fraction of sp³-hybridized carbons (Fsp3) is 0.300. The van der Waals surface area contributed by atoms with E-state index in [4.69, 9.17) is 9.47 Å². The molecular weight excluding hydrogens is 314 g/mol. The Morgan fingerprint density at radius 1 is 0.960 bits per heavy atom. The number of hydrogen-bond donors (Lipinski definition) is 0. The molecule has 0 amide bonds. The number of fused-ring (bicyclic) bond motifs is 2. The zero-order chi connectivity index (χ0) is 17.6. The van der Waals surface area contributed by atoms with Gasteiger partial charge in [-0.05, 0) is 24.6 Å². The highest BCUT2D eigenvalue weighted by molar-refractivity contribution is 5.94. The molecule has 2 aromatic carbocycles. The first kappa shape index (κ1) is 15.7. The number of nitrogens with zero attached hydrogens (tertiary/aromatic N) is 3. The molecule has 0 saturated carbocycles. The van der Waals surface area contributed by atoms with Gasteiger partial charge in [-0.15, -0.1) is 0 Å². The lowest BCUT2D eigenvalue weighted by molar-refractivity contribution is 0.356. The van der Waals surface area contributed by atoms with Crippen LogP contribution in [0.1, 0.15) is 25.3 Å². The Bertz CT molecular complexity index is 941. The zero-order valence-corrected chi connectivity index (χ0v) is 14.9. The van der Waals surface area contributed by atoms with E-state index in [1.54, 1.807) is 20.5 Å². The largest absolute Gasteiger partial charge is 0.493 e. The van der Waals surface area contributed by atoms with Gasteiger partial charge in [0.25, 0.3) is 0 Å². The highest BCUT2D eigenvalue weighted by atomic mass is 16.5. The lowest BCUT2D eigenvalue weighted by atomic mass is 9.98. The average Bonchev–Trinajstić information content (AvgIpc) is 2.91. The van der Waals surface area contributed by atoms with Gasteiger partial charge in [0.2, 0.25) is 0 Å². The molecule has 25 heavy (non-hydrogen) atoms. The van der Waals surface area contributed by atoms with E-state index in [2.05, 4.69) is 53.0 Å². The van der Waals surface area contributed by atoms with Crippen molar-refractivity contribution in [3.05, 3.63) is 48.3 Å². The second-order valence-electron chi connectivity index (χ2n) is 6.38. The number of benzene rings is 2. The summed E-state index contributed by atoms with van der Waals surface area (Å²) in [5.74, 6) is 2.68. The minimum atomic E-state index is 0.309. The molecule has 0 unspecified atom stereocenters. The van der Waals surface area contributed by atoms with E-state index in [0.717, 1.165) is 16.7 Å². The number of hydrogen-bond acceptors (Lipinski definition) is 5. The standard InChI is InChI=1S/C20H21N3O2/c1-12-13(2)23(17-8-6-5-7-14(12)17)20-15-9-18(24-3)19(25-4)10-16(15)21-11-22-20/h5-13H,1-4H3/t12-,13-/m0/s1. The number of anilines is 2. The van der Waals surface area contributed by atoms with Gasteiger partial charge in [-0.25, -0.2) is 9.97 Å². The first-order valence-electron chi connectivity index (χ1n) is 8.40. The molecular formula is C20H21N3O2. The van der Waals surface area contributed by atoms with Crippen LogP contribution in [0.5, 0.6) is 11.5 Å². The van der Waals surface area contributed by atoms with Crippen LogP contribution in [0.25, 0.3) is 10.9 Å². The van der Waals surface area contributed by atoms with Gasteiger partial charge in [0.15, 0.2) is 11.5 Å². The quantitative estimate of drug-likeness (QED) is 0.714. The van der Waals surface area contributed by atoms with Gasteiger partial charge in [0, 0.05) is 29.1 Å². The Labute approximate surface area is 147 Å². The van der Waals surface area contributed by atoms with Crippen LogP contribution in [0.2, 0.25) is 0 Å². The molecule has 0 spiro atoms. The minimum Gasteiger partial charge on any atom is -0.493 e. The van der Waals surface area contributed by atoms with Crippen molar-refractivity contribution in [3.63, 3.8) is 0 Å². The summed E-state index contributed by atoms with van der Waals surface area (Å²) < 4.78 is 10.9. The molecule has 1 aromatic heterocycles. The van der Waals surface area contributed by atoms with Crippen molar-refractivity contribution < 1.29 is 9.47 Å². The summed E-state index contributed by atoms with van der Waals surface area (Å²) in [7, 11) is 3.27. The molecule has 4 rings (SSSR count). The van der Waals surface area contributed by atoms with Crippen molar-refractivity contribution in [2.24, 2.45) is 0 Å². The minimum absolute atomic E-state index is 0.309. The van der Waals surface area contributed by atoms with Gasteiger partial charge in [0.05, 0.1) is 19.7 Å². The summed E-state index contributed by atoms with van der Waals surface area (Å²) in [6.07, 6.45) is 1.61. The fourth-order valence-electron chi connectivity index (χ4n) is 3.66. The van der Waals surface area contributed by atoms with E-state index in [9.17, 15) is 0 Å². The first-order chi connectivity index (χ1) is 12.2. The Balaban J connectivity index is 1.96. The first-order valence-corrected chi connectivity index (χ1v) is 8.40. The van der Waals surface area contributed by atoms with Gasteiger partial charge >= 0.3 is 0 Å². The molecule has 2 atom stereocenters. The second-order valence-corrected chi connectivity index (χ2v) is 6.38. The number of ether oxygens (including phenoxy) is 2. The zero-order valence-electron chi connectivity index (χ0n) is 14.9. The third-order valence-electron chi connectivity index (χ3n) is 5.17. The lowest BCUT2D eigenvalue weighted by Gasteiger charge is -2.26. The van der Waals surface area contributed by atoms with Crippen molar-refractivity contribution in [2.75, 3.05) is 19.1 Å². The van der Waals surface area contributed by atoms with Crippen molar-refractivity contribution in [2.45, 2.75) is 25.8 Å². The maximum atomic E-state index is 5.48. The van der Waals surface area contributed by atoms with E-state index >= 15 is 0 Å². The van der Waals surface area contributed by atoms with Gasteiger partial charge < -0.3 is 14.4 Å². The van der Waals surface area contributed by atoms with E-state index < -0.39 is 0 Å². The lowest BCUT2D eigenvalue weighted by Crippen LogP contribution is -2.27. The number of methoxy groups -OCH3 is 2. The predicted molar refractivity (Wildman–Crippen MR) is 99.1 cm³/mol. The SMILES string of the molecule is COc1cc2ncnc(N3c4ccccc4[C@@H](C)[C@@H]3C)c2cc1OC. The van der Waals surface area contributed by atoms with Crippen LogP contribution < -0.4 is 14.4 Å². The molecule has 1 aliphatic heterocycles. The third-order valence-corrected chi connectivity index (χ3v) is 5.17. The molecule has 2 heterocycles. The van der Waals surface area contributed by atoms with E-state index in [-0.39, 0.29) is 0 Å². The number of para-hydroxylation sites is 1. The monoisotopic (exact) mass is 335 g/mol. The molecule has 0 saturated heterocycles. The van der Waals surface area contributed by atoms with Gasteiger partial charge in [-0.2, -0.15) is 0 Å². The summed E-state index contributed by atoms with van der Waals surface area (Å²) in [5.41, 5.74) is 3.39. The summed E-state index contributed by atoms with van der Waals surface area (Å²) in [4.78, 5) is 11.3. The summed E-state index contributed by atoms with van der Waals surface area (Å²) in [5, 5.41) is 0.955. The van der Waals surface area contributed by atoms with Crippen LogP contribution in [0.3, 0.4) is 0 Å². The Hall–Kier alpha value is -2.82. The van der Waals surface area contributed by atoms with Gasteiger partial charge in [-0.1, -0.05) is 25.1 Å². The van der Waals surface area contributed by atoms with Crippen LogP contribution in [-0.4, -0.2) is 30.2 Å². The fourth-order valence-corrected chi connectivity index (χ4v) is 3.66. The van der Waals surface area contributed by atoms with Crippen molar-refractivity contribution in [3.8, 4) is 11.5 Å². The second kappa shape index (κ2) is 5.92. The van der Waals surface area contributed by atoms with Gasteiger partial charge in [0.1, 0.15) is 12.1 Å². The van der Waals surface area contributed by atoms with E-state index in [1.807, 2.05) is 12.1 Å². The predicted octanol–water partition coefficient (Wildman–Crippen LogP) is 4.29. The van der Waals surface area contributed by atoms with Crippen molar-refractivity contribution in [1.82, 2.24) is 9.97 Å². The van der Waals surface area contributed by atoms with Crippen LogP contribution in [0.4, 0.5) is 11.5 Å². The van der Waals surface area contributed by atoms with Crippen LogP contribution >= 0.6 is 0 Å². The maximum absolute atomic E-state index is 5.48. The van der Waals surface area contributed by atoms with Crippen molar-refractivity contribution >= 4 is 22.4 Å². The molecule has 128 valence electrons. The van der Waals surface area contributed by atoms with E-state index in [1.165, 1.54) is 11.3 Å².